The van der Waals surface area contributed by atoms with Gasteiger partial charge in [-0.15, -0.1) is 15.8 Å². The lowest BCUT2D eigenvalue weighted by Crippen LogP contribution is -2.32. The number of para-hydroxylation sites is 1. The molecule has 18 heavy (non-hydrogen) atoms. The minimum absolute atomic E-state index is 0.0431. The van der Waals surface area contributed by atoms with Crippen molar-refractivity contribution in [2.75, 3.05) is 12.5 Å². The molecule has 0 aliphatic carbocycles. The number of hydrogen-bond acceptors (Lipinski definition) is 5. The molecule has 0 spiro atoms. The van der Waals surface area contributed by atoms with Gasteiger partial charge in [0, 0.05) is 12.4 Å². The Bertz CT molecular complexity index is 628. The van der Waals surface area contributed by atoms with E-state index in [2.05, 4.69) is 10.4 Å². The predicted octanol–water partition coefficient (Wildman–Crippen LogP) is 2.44. The van der Waals surface area contributed by atoms with Crippen LogP contribution in [0.1, 0.15) is 0 Å². The molecule has 0 saturated carbocycles. The van der Waals surface area contributed by atoms with Crippen molar-refractivity contribution in [3.8, 4) is 0 Å². The maximum atomic E-state index is 12.1. The molecule has 8 heteroatoms. The Morgan fingerprint density at radius 3 is 2.56 bits per heavy atom. The number of benzene rings is 1. The summed E-state index contributed by atoms with van der Waals surface area (Å²) in [7, 11) is -2.26. The molecule has 2 aromatic rings. The van der Waals surface area contributed by atoms with Crippen LogP contribution >= 0.6 is 22.9 Å². The molecule has 0 bridgehead atoms. The lowest BCUT2D eigenvalue weighted by Gasteiger charge is -2.17. The van der Waals surface area contributed by atoms with Gasteiger partial charge in [0.15, 0.2) is 0 Å². The summed E-state index contributed by atoms with van der Waals surface area (Å²) in [5.41, 5.74) is 3.43. The van der Waals surface area contributed by atoms with Gasteiger partial charge < -0.3 is 5.43 Å². The molecule has 0 aliphatic rings. The van der Waals surface area contributed by atoms with E-state index >= 15 is 0 Å². The van der Waals surface area contributed by atoms with Crippen LogP contribution in [0, 0.1) is 0 Å². The number of aromatic nitrogens is 1. The first-order valence-electron chi connectivity index (χ1n) is 4.92. The molecule has 1 heterocycles. The third-order valence-corrected chi connectivity index (χ3v) is 5.32. The topological polar surface area (TPSA) is 62.3 Å². The fourth-order valence-corrected chi connectivity index (χ4v) is 3.59. The summed E-state index contributed by atoms with van der Waals surface area (Å²) in [6.45, 7) is 0. The minimum Gasteiger partial charge on any atom is -0.305 e. The highest BCUT2D eigenvalue weighted by Crippen LogP contribution is 2.22. The molecule has 0 fully saturated rings. The summed E-state index contributed by atoms with van der Waals surface area (Å²) >= 11 is 6.61. The Morgan fingerprint density at radius 2 is 2.00 bits per heavy atom. The second-order valence-electron chi connectivity index (χ2n) is 3.39. The fourth-order valence-electron chi connectivity index (χ4n) is 1.23. The van der Waals surface area contributed by atoms with Crippen molar-refractivity contribution in [1.29, 1.82) is 0 Å². The van der Waals surface area contributed by atoms with Crippen LogP contribution in [-0.2, 0) is 10.0 Å². The van der Waals surface area contributed by atoms with E-state index in [1.54, 1.807) is 12.1 Å². The van der Waals surface area contributed by atoms with Gasteiger partial charge in [0.25, 0.3) is 10.0 Å². The van der Waals surface area contributed by atoms with Crippen molar-refractivity contribution in [2.45, 2.75) is 4.34 Å². The molecule has 1 N–H and O–H groups in total. The monoisotopic (exact) mass is 303 g/mol. The molecule has 1 aromatic heterocycles. The first-order chi connectivity index (χ1) is 8.50. The van der Waals surface area contributed by atoms with E-state index in [0.717, 1.165) is 15.8 Å². The van der Waals surface area contributed by atoms with Gasteiger partial charge >= 0.3 is 0 Å². The van der Waals surface area contributed by atoms with Gasteiger partial charge in [-0.2, -0.15) is 0 Å². The van der Waals surface area contributed by atoms with Crippen molar-refractivity contribution in [1.82, 2.24) is 9.40 Å². The standard InChI is InChI=1S/C10H10ClN3O2S2/c1-14(13-8-5-3-2-4-6-8)18(15,16)10-12-9(11)7-17-10/h2-7,13H,1H3. The predicted molar refractivity (Wildman–Crippen MR) is 72.1 cm³/mol. The molecule has 96 valence electrons. The van der Waals surface area contributed by atoms with Gasteiger partial charge in [-0.3, -0.25) is 0 Å². The zero-order valence-electron chi connectivity index (χ0n) is 9.37. The van der Waals surface area contributed by atoms with Crippen LogP contribution in [0.25, 0.3) is 0 Å². The van der Waals surface area contributed by atoms with E-state index in [4.69, 9.17) is 11.6 Å². The Balaban J connectivity index is 2.21. The van der Waals surface area contributed by atoms with Crippen molar-refractivity contribution in [3.05, 3.63) is 40.9 Å². The van der Waals surface area contributed by atoms with E-state index in [9.17, 15) is 8.42 Å². The van der Waals surface area contributed by atoms with E-state index in [0.29, 0.717) is 5.69 Å². The van der Waals surface area contributed by atoms with Crippen LogP contribution in [0.15, 0.2) is 40.1 Å². The van der Waals surface area contributed by atoms with Gasteiger partial charge in [-0.05, 0) is 12.1 Å². The maximum Gasteiger partial charge on any atom is 0.286 e. The van der Waals surface area contributed by atoms with E-state index in [1.807, 2.05) is 18.2 Å². The summed E-state index contributed by atoms with van der Waals surface area (Å²) < 4.78 is 25.2. The number of hydrazine groups is 1. The average Bonchev–Trinajstić information content (AvgIpc) is 2.78. The van der Waals surface area contributed by atoms with E-state index in [-0.39, 0.29) is 9.49 Å². The number of thiazole rings is 1. The second-order valence-corrected chi connectivity index (χ2v) is 6.77. The largest absolute Gasteiger partial charge is 0.305 e. The third kappa shape index (κ3) is 2.81. The normalized spacial score (nSPS) is 11.7. The van der Waals surface area contributed by atoms with Crippen molar-refractivity contribution < 1.29 is 8.42 Å². The maximum absolute atomic E-state index is 12.1. The highest BCUT2D eigenvalue weighted by Gasteiger charge is 2.24. The molecule has 0 atom stereocenters. The van der Waals surface area contributed by atoms with Crippen LogP contribution in [0.2, 0.25) is 5.15 Å². The lowest BCUT2D eigenvalue weighted by atomic mass is 10.3. The number of sulfonamides is 1. The number of nitrogens with zero attached hydrogens (tertiary/aromatic N) is 2. The van der Waals surface area contributed by atoms with Crippen molar-refractivity contribution in [2.24, 2.45) is 0 Å². The van der Waals surface area contributed by atoms with E-state index in [1.165, 1.54) is 12.4 Å². The highest BCUT2D eigenvalue weighted by atomic mass is 35.5. The number of hydrogen-bond donors (Lipinski definition) is 1. The van der Waals surface area contributed by atoms with E-state index < -0.39 is 10.0 Å². The first-order valence-corrected chi connectivity index (χ1v) is 7.61. The molecule has 1 aromatic carbocycles. The van der Waals surface area contributed by atoms with Crippen molar-refractivity contribution in [3.63, 3.8) is 0 Å². The van der Waals surface area contributed by atoms with Gasteiger partial charge in [0.05, 0.1) is 5.69 Å². The molecule has 0 amide bonds. The zero-order valence-corrected chi connectivity index (χ0v) is 11.8. The van der Waals surface area contributed by atoms with Gasteiger partial charge in [0.1, 0.15) is 5.15 Å². The number of anilines is 1. The molecular weight excluding hydrogens is 294 g/mol. The van der Waals surface area contributed by atoms with Crippen LogP contribution in [0.3, 0.4) is 0 Å². The molecule has 0 unspecified atom stereocenters. The quantitative estimate of drug-likeness (QED) is 0.881. The molecule has 0 radical (unpaired) electrons. The van der Waals surface area contributed by atoms with Gasteiger partial charge in [0.2, 0.25) is 4.34 Å². The SMILES string of the molecule is CN(Nc1ccccc1)S(=O)(=O)c1nc(Cl)cs1. The van der Waals surface area contributed by atoms with Gasteiger partial charge in [-0.25, -0.2) is 13.4 Å². The molecule has 0 aliphatic heterocycles. The van der Waals surface area contributed by atoms with Crippen LogP contribution in [-0.4, -0.2) is 24.9 Å². The summed E-state index contributed by atoms with van der Waals surface area (Å²) in [6.07, 6.45) is 0. The summed E-state index contributed by atoms with van der Waals surface area (Å²) in [6, 6.07) is 8.99. The van der Waals surface area contributed by atoms with Gasteiger partial charge in [-0.1, -0.05) is 29.8 Å². The zero-order chi connectivity index (χ0) is 13.2. The molecular formula is C10H10ClN3O2S2. The first kappa shape index (κ1) is 13.3. The molecule has 5 nitrogen and oxygen atoms in total. The fraction of sp³-hybridized carbons (Fsp3) is 0.100. The number of nitrogens with one attached hydrogen (secondary N) is 1. The summed E-state index contributed by atoms with van der Waals surface area (Å²) in [5, 5.41) is 1.65. The highest BCUT2D eigenvalue weighted by molar-refractivity contribution is 7.91. The Labute approximate surface area is 114 Å². The van der Waals surface area contributed by atoms with Crippen LogP contribution < -0.4 is 5.43 Å². The molecule has 2 rings (SSSR count). The Kier molecular flexibility index (Phi) is 3.86. The second kappa shape index (κ2) is 5.23. The lowest BCUT2D eigenvalue weighted by molar-refractivity contribution is 0.516. The Morgan fingerprint density at radius 1 is 1.33 bits per heavy atom. The summed E-state index contributed by atoms with van der Waals surface area (Å²) in [4.78, 5) is 3.76. The van der Waals surface area contributed by atoms with Crippen LogP contribution in [0.5, 0.6) is 0 Å². The number of rotatable bonds is 4. The third-order valence-electron chi connectivity index (χ3n) is 2.10. The average molecular weight is 304 g/mol. The van der Waals surface area contributed by atoms with Crippen molar-refractivity contribution >= 4 is 38.6 Å². The molecule has 0 saturated heterocycles. The number of halogens is 1. The Hall–Kier alpha value is -1.15. The summed E-state index contributed by atoms with van der Waals surface area (Å²) in [5.74, 6) is 0. The minimum atomic E-state index is -3.67. The van der Waals surface area contributed by atoms with Crippen LogP contribution in [0.4, 0.5) is 5.69 Å². The smallest absolute Gasteiger partial charge is 0.286 e.